The highest BCUT2D eigenvalue weighted by atomic mass is 32.1. The largest absolute Gasteiger partial charge is 0.497 e. The van der Waals surface area contributed by atoms with Crippen molar-refractivity contribution in [3.63, 3.8) is 0 Å². The Kier molecular flexibility index (Phi) is 8.41. The molecule has 1 aromatic carbocycles. The molecule has 3 heterocycles. The van der Waals surface area contributed by atoms with Crippen LogP contribution in [-0.4, -0.2) is 73.3 Å². The first kappa shape index (κ1) is 26.3. The van der Waals surface area contributed by atoms with Gasteiger partial charge < -0.3 is 29.3 Å². The molecule has 1 N–H and O–H groups in total. The minimum Gasteiger partial charge on any atom is -0.497 e. The Morgan fingerprint density at radius 2 is 2.06 bits per heavy atom. The number of rotatable bonds is 8. The number of carbonyl (C=O) groups is 2. The molecule has 0 aliphatic carbocycles. The minimum atomic E-state index is -0.404. The Labute approximate surface area is 217 Å². The summed E-state index contributed by atoms with van der Waals surface area (Å²) in [5.41, 5.74) is 0.714. The predicted molar refractivity (Wildman–Crippen MR) is 140 cm³/mol. The summed E-state index contributed by atoms with van der Waals surface area (Å²) in [5.74, 6) is 1.32. The molecule has 0 bridgehead atoms. The van der Waals surface area contributed by atoms with E-state index in [0.29, 0.717) is 32.1 Å². The van der Waals surface area contributed by atoms with Crippen molar-refractivity contribution in [2.45, 2.75) is 57.7 Å². The molecule has 1 aromatic heterocycles. The van der Waals surface area contributed by atoms with Crippen molar-refractivity contribution in [1.82, 2.24) is 15.1 Å². The molecule has 3 amide bonds. The summed E-state index contributed by atoms with van der Waals surface area (Å²) in [6.07, 6.45) is 2.63. The number of nitrogens with zero attached hydrogens (tertiary/aromatic N) is 2. The van der Waals surface area contributed by atoms with E-state index < -0.39 is 5.54 Å². The number of fused-ring (bicyclic) bond motifs is 1. The Bertz CT molecular complexity index is 1040. The number of nitrogens with one attached hydrogen (secondary N) is 1. The zero-order valence-corrected chi connectivity index (χ0v) is 22.4. The zero-order chi connectivity index (χ0) is 25.7. The Hall–Kier alpha value is -2.78. The maximum absolute atomic E-state index is 13.7. The molecule has 2 aliphatic heterocycles. The summed E-state index contributed by atoms with van der Waals surface area (Å²) < 4.78 is 17.2. The average Bonchev–Trinajstić information content (AvgIpc) is 3.53. The number of ether oxygens (including phenoxy) is 3. The van der Waals surface area contributed by atoms with Crippen LogP contribution in [0.3, 0.4) is 0 Å². The monoisotopic (exact) mass is 515 g/mol. The molecule has 0 radical (unpaired) electrons. The third-order valence-corrected chi connectivity index (χ3v) is 7.40. The number of thiophene rings is 1. The lowest BCUT2D eigenvalue weighted by molar-refractivity contribution is -0.135. The lowest BCUT2D eigenvalue weighted by atomic mass is 10.0. The first-order valence-corrected chi connectivity index (χ1v) is 13.4. The molecule has 0 spiro atoms. The summed E-state index contributed by atoms with van der Waals surface area (Å²) in [4.78, 5) is 31.6. The third-order valence-electron chi connectivity index (χ3n) is 6.41. The van der Waals surface area contributed by atoms with E-state index in [2.05, 4.69) is 16.8 Å². The van der Waals surface area contributed by atoms with Gasteiger partial charge in [-0.1, -0.05) is 6.07 Å². The van der Waals surface area contributed by atoms with Crippen molar-refractivity contribution in [2.24, 2.45) is 0 Å². The summed E-state index contributed by atoms with van der Waals surface area (Å²) in [7, 11) is 1.62. The Balaban J connectivity index is 1.50. The maximum Gasteiger partial charge on any atom is 0.318 e. The van der Waals surface area contributed by atoms with E-state index >= 15 is 0 Å². The van der Waals surface area contributed by atoms with Gasteiger partial charge in [0.05, 0.1) is 19.3 Å². The Morgan fingerprint density at radius 3 is 2.78 bits per heavy atom. The molecule has 0 saturated carbocycles. The second-order valence-corrected chi connectivity index (χ2v) is 11.3. The molecule has 1 fully saturated rings. The number of urea groups is 1. The second-order valence-electron chi connectivity index (χ2n) is 10.3. The molecule has 1 saturated heterocycles. The van der Waals surface area contributed by atoms with Gasteiger partial charge in [-0.3, -0.25) is 4.79 Å². The van der Waals surface area contributed by atoms with Crippen molar-refractivity contribution in [3.8, 4) is 11.5 Å². The van der Waals surface area contributed by atoms with Gasteiger partial charge in [-0.25, -0.2) is 4.79 Å². The van der Waals surface area contributed by atoms with E-state index in [1.54, 1.807) is 23.3 Å². The number of methoxy groups -OCH3 is 1. The van der Waals surface area contributed by atoms with Gasteiger partial charge in [0, 0.05) is 36.2 Å². The lowest BCUT2D eigenvalue weighted by Crippen LogP contribution is -2.54. The summed E-state index contributed by atoms with van der Waals surface area (Å²) >= 11 is 1.71. The molecule has 8 nitrogen and oxygen atoms in total. The normalized spacial score (nSPS) is 19.5. The first-order chi connectivity index (χ1) is 17.2. The van der Waals surface area contributed by atoms with Crippen LogP contribution in [0.15, 0.2) is 35.7 Å². The number of benzene rings is 1. The molecular weight excluding hydrogens is 478 g/mol. The fourth-order valence-electron chi connectivity index (χ4n) is 4.65. The SMILES string of the molecule is COc1cccc(OC[C@@H]2c3ccsc3CCN2C(=O)CN(C[C@H]2CCCO2)C(=O)NC(C)(C)C)c1. The van der Waals surface area contributed by atoms with Gasteiger partial charge in [-0.05, 0) is 69.2 Å². The van der Waals surface area contributed by atoms with Crippen LogP contribution in [0, 0.1) is 0 Å². The van der Waals surface area contributed by atoms with Crippen molar-refractivity contribution >= 4 is 23.3 Å². The van der Waals surface area contributed by atoms with Crippen molar-refractivity contribution in [3.05, 3.63) is 46.2 Å². The van der Waals surface area contributed by atoms with Crippen LogP contribution in [0.2, 0.25) is 0 Å². The summed E-state index contributed by atoms with van der Waals surface area (Å²) in [6.45, 7) is 7.82. The summed E-state index contributed by atoms with van der Waals surface area (Å²) in [5, 5.41) is 5.07. The van der Waals surface area contributed by atoms with E-state index in [1.165, 1.54) is 4.88 Å². The number of hydrogen-bond donors (Lipinski definition) is 1. The molecule has 2 atom stereocenters. The van der Waals surface area contributed by atoms with Gasteiger partial charge in [-0.2, -0.15) is 0 Å². The van der Waals surface area contributed by atoms with Gasteiger partial charge in [0.1, 0.15) is 24.7 Å². The van der Waals surface area contributed by atoms with Crippen molar-refractivity contribution in [2.75, 3.05) is 40.0 Å². The molecule has 9 heteroatoms. The smallest absolute Gasteiger partial charge is 0.318 e. The zero-order valence-electron chi connectivity index (χ0n) is 21.6. The van der Waals surface area contributed by atoms with Crippen LogP contribution in [0.4, 0.5) is 4.79 Å². The van der Waals surface area contributed by atoms with Crippen LogP contribution in [-0.2, 0) is 16.0 Å². The fourth-order valence-corrected chi connectivity index (χ4v) is 5.58. The first-order valence-electron chi connectivity index (χ1n) is 12.5. The van der Waals surface area contributed by atoms with E-state index in [4.69, 9.17) is 14.2 Å². The average molecular weight is 516 g/mol. The van der Waals surface area contributed by atoms with Gasteiger partial charge >= 0.3 is 6.03 Å². The van der Waals surface area contributed by atoms with Crippen LogP contribution in [0.25, 0.3) is 0 Å². The second kappa shape index (κ2) is 11.5. The van der Waals surface area contributed by atoms with E-state index in [1.807, 2.05) is 49.9 Å². The predicted octanol–water partition coefficient (Wildman–Crippen LogP) is 4.25. The van der Waals surface area contributed by atoms with E-state index in [-0.39, 0.29) is 30.6 Å². The third kappa shape index (κ3) is 6.70. The van der Waals surface area contributed by atoms with Crippen LogP contribution in [0.5, 0.6) is 11.5 Å². The topological polar surface area (TPSA) is 80.3 Å². The van der Waals surface area contributed by atoms with Crippen LogP contribution in [0.1, 0.15) is 50.1 Å². The van der Waals surface area contributed by atoms with Gasteiger partial charge in [-0.15, -0.1) is 11.3 Å². The number of amides is 3. The highest BCUT2D eigenvalue weighted by molar-refractivity contribution is 7.10. The van der Waals surface area contributed by atoms with Crippen molar-refractivity contribution < 1.29 is 23.8 Å². The lowest BCUT2D eigenvalue weighted by Gasteiger charge is -2.37. The van der Waals surface area contributed by atoms with Crippen molar-refractivity contribution in [1.29, 1.82) is 0 Å². The molecule has 196 valence electrons. The van der Waals surface area contributed by atoms with Crippen LogP contribution < -0.4 is 14.8 Å². The Morgan fingerprint density at radius 1 is 1.25 bits per heavy atom. The van der Waals surface area contributed by atoms with E-state index in [9.17, 15) is 9.59 Å². The maximum atomic E-state index is 13.7. The highest BCUT2D eigenvalue weighted by Gasteiger charge is 2.35. The molecule has 36 heavy (non-hydrogen) atoms. The quantitative estimate of drug-likeness (QED) is 0.569. The molecule has 0 unspecified atom stereocenters. The van der Waals surface area contributed by atoms with E-state index in [0.717, 1.165) is 30.6 Å². The van der Waals surface area contributed by atoms with Gasteiger partial charge in [0.2, 0.25) is 5.91 Å². The van der Waals surface area contributed by atoms with Crippen LogP contribution >= 0.6 is 11.3 Å². The molecule has 2 aliphatic rings. The molecular formula is C27H37N3O5S. The molecule has 2 aromatic rings. The summed E-state index contributed by atoms with van der Waals surface area (Å²) in [6, 6.07) is 9.07. The molecule has 4 rings (SSSR count). The highest BCUT2D eigenvalue weighted by Crippen LogP contribution is 2.34. The number of carbonyl (C=O) groups excluding carboxylic acids is 2. The minimum absolute atomic E-state index is 0.00307. The number of hydrogen-bond acceptors (Lipinski definition) is 6. The standard InChI is InChI=1S/C27H37N3O5S/c1-27(2,3)28-26(32)29(16-21-9-6-13-34-21)17-25(31)30-12-10-24-22(11-14-36-24)23(30)18-35-20-8-5-7-19(15-20)33-4/h5,7-8,11,14-15,21,23H,6,9-10,12-13,16-18H2,1-4H3,(H,28,32)/t21-,23-/m1/s1. The van der Waals surface area contributed by atoms with Gasteiger partial charge in [0.15, 0.2) is 0 Å². The fraction of sp³-hybridized carbons (Fsp3) is 0.556. The van der Waals surface area contributed by atoms with Gasteiger partial charge in [0.25, 0.3) is 0 Å².